The molecule has 1 aliphatic rings. The number of para-hydroxylation sites is 1. The second-order valence-electron chi connectivity index (χ2n) is 6.05. The van der Waals surface area contributed by atoms with E-state index in [1.165, 1.54) is 31.2 Å². The van der Waals surface area contributed by atoms with Crippen LogP contribution in [0, 0.1) is 11.8 Å². The molecule has 3 nitrogen and oxygen atoms in total. The van der Waals surface area contributed by atoms with Gasteiger partial charge in [-0.1, -0.05) is 31.0 Å². The predicted molar refractivity (Wildman–Crippen MR) is 83.8 cm³/mol. The smallest absolute Gasteiger partial charge is 0.123 e. The maximum Gasteiger partial charge on any atom is 0.123 e. The van der Waals surface area contributed by atoms with Crippen LogP contribution in [0.1, 0.15) is 31.2 Å². The Morgan fingerprint density at radius 1 is 1.20 bits per heavy atom. The van der Waals surface area contributed by atoms with E-state index in [1.807, 2.05) is 12.1 Å². The Kier molecular flexibility index (Phi) is 5.86. The fourth-order valence-corrected chi connectivity index (χ4v) is 3.42. The zero-order valence-electron chi connectivity index (χ0n) is 12.8. The lowest BCUT2D eigenvalue weighted by molar-refractivity contribution is 0.169. The molecule has 0 aliphatic heterocycles. The average Bonchev–Trinajstić information content (AvgIpc) is 2.48. The Hall–Kier alpha value is -1.06. The third kappa shape index (κ3) is 3.97. The molecule has 1 aliphatic carbocycles. The first-order valence-corrected chi connectivity index (χ1v) is 7.75. The number of methoxy groups -OCH3 is 1. The summed E-state index contributed by atoms with van der Waals surface area (Å²) in [4.78, 5) is 2.41. The molecule has 0 aromatic heterocycles. The van der Waals surface area contributed by atoms with E-state index in [0.717, 1.165) is 31.3 Å². The van der Waals surface area contributed by atoms with Crippen molar-refractivity contribution in [1.82, 2.24) is 4.90 Å². The quantitative estimate of drug-likeness (QED) is 0.868. The van der Waals surface area contributed by atoms with E-state index in [0.29, 0.717) is 5.92 Å². The van der Waals surface area contributed by atoms with E-state index in [-0.39, 0.29) is 0 Å². The van der Waals surface area contributed by atoms with Crippen molar-refractivity contribution in [3.05, 3.63) is 29.8 Å². The number of nitrogens with zero attached hydrogens (tertiary/aromatic N) is 1. The standard InChI is InChI=1S/C17H28N2O/c1-19(12-15-8-4-3-7-14(15)11-18)13-16-9-5-6-10-17(16)20-2/h5-6,9-10,14-15H,3-4,7-8,11-13,18H2,1-2H3. The van der Waals surface area contributed by atoms with Crippen LogP contribution in [0.4, 0.5) is 0 Å². The summed E-state index contributed by atoms with van der Waals surface area (Å²) >= 11 is 0. The Bertz CT molecular complexity index is 408. The number of nitrogens with two attached hydrogens (primary N) is 1. The molecule has 0 radical (unpaired) electrons. The summed E-state index contributed by atoms with van der Waals surface area (Å²) in [5.41, 5.74) is 7.19. The van der Waals surface area contributed by atoms with E-state index < -0.39 is 0 Å². The lowest BCUT2D eigenvalue weighted by atomic mass is 9.79. The van der Waals surface area contributed by atoms with Crippen molar-refractivity contribution >= 4 is 0 Å². The minimum Gasteiger partial charge on any atom is -0.496 e. The van der Waals surface area contributed by atoms with E-state index in [9.17, 15) is 0 Å². The van der Waals surface area contributed by atoms with Crippen LogP contribution in [-0.4, -0.2) is 32.1 Å². The molecule has 1 aromatic rings. The highest BCUT2D eigenvalue weighted by atomic mass is 16.5. The molecular formula is C17H28N2O. The molecule has 2 unspecified atom stereocenters. The molecule has 1 saturated carbocycles. The second kappa shape index (κ2) is 7.65. The normalized spacial score (nSPS) is 23.0. The fourth-order valence-electron chi connectivity index (χ4n) is 3.42. The van der Waals surface area contributed by atoms with Crippen LogP contribution >= 0.6 is 0 Å². The van der Waals surface area contributed by atoms with Crippen molar-refractivity contribution in [2.24, 2.45) is 17.6 Å². The molecule has 112 valence electrons. The third-order valence-corrected chi connectivity index (χ3v) is 4.55. The van der Waals surface area contributed by atoms with Crippen molar-refractivity contribution < 1.29 is 4.74 Å². The molecule has 3 heteroatoms. The highest BCUT2D eigenvalue weighted by molar-refractivity contribution is 5.32. The van der Waals surface area contributed by atoms with Gasteiger partial charge in [0, 0.05) is 18.7 Å². The molecule has 1 aromatic carbocycles. The zero-order chi connectivity index (χ0) is 14.4. The number of benzene rings is 1. The van der Waals surface area contributed by atoms with Gasteiger partial charge >= 0.3 is 0 Å². The molecule has 2 N–H and O–H groups in total. The largest absolute Gasteiger partial charge is 0.496 e. The van der Waals surface area contributed by atoms with Crippen LogP contribution in [-0.2, 0) is 6.54 Å². The van der Waals surface area contributed by atoms with Gasteiger partial charge in [-0.3, -0.25) is 0 Å². The molecule has 1 fully saturated rings. The summed E-state index contributed by atoms with van der Waals surface area (Å²) in [6.07, 6.45) is 5.36. The molecule has 0 amide bonds. The zero-order valence-corrected chi connectivity index (χ0v) is 12.8. The number of hydrogen-bond acceptors (Lipinski definition) is 3. The predicted octanol–water partition coefficient (Wildman–Crippen LogP) is 2.89. The van der Waals surface area contributed by atoms with E-state index in [2.05, 4.69) is 24.1 Å². The molecule has 2 atom stereocenters. The fraction of sp³-hybridized carbons (Fsp3) is 0.647. The van der Waals surface area contributed by atoms with Crippen LogP contribution in [0.3, 0.4) is 0 Å². The van der Waals surface area contributed by atoms with Gasteiger partial charge in [-0.05, 0) is 44.3 Å². The molecule has 0 heterocycles. The summed E-state index contributed by atoms with van der Waals surface area (Å²) in [6, 6.07) is 8.28. The molecule has 0 saturated heterocycles. The maximum absolute atomic E-state index is 5.93. The van der Waals surface area contributed by atoms with Gasteiger partial charge in [0.15, 0.2) is 0 Å². The van der Waals surface area contributed by atoms with Gasteiger partial charge in [0.25, 0.3) is 0 Å². The first-order chi connectivity index (χ1) is 9.74. The van der Waals surface area contributed by atoms with Crippen LogP contribution < -0.4 is 10.5 Å². The first-order valence-electron chi connectivity index (χ1n) is 7.75. The van der Waals surface area contributed by atoms with E-state index >= 15 is 0 Å². The molecular weight excluding hydrogens is 248 g/mol. The minimum atomic E-state index is 0.712. The minimum absolute atomic E-state index is 0.712. The van der Waals surface area contributed by atoms with E-state index in [1.54, 1.807) is 7.11 Å². The van der Waals surface area contributed by atoms with Gasteiger partial charge in [-0.25, -0.2) is 0 Å². The first kappa shape index (κ1) is 15.3. The van der Waals surface area contributed by atoms with Gasteiger partial charge in [-0.2, -0.15) is 0 Å². The SMILES string of the molecule is COc1ccccc1CN(C)CC1CCCCC1CN. The van der Waals surface area contributed by atoms with Gasteiger partial charge in [0.05, 0.1) is 7.11 Å². The lowest BCUT2D eigenvalue weighted by Gasteiger charge is -2.33. The van der Waals surface area contributed by atoms with Crippen molar-refractivity contribution in [1.29, 1.82) is 0 Å². The Morgan fingerprint density at radius 2 is 1.90 bits per heavy atom. The Morgan fingerprint density at radius 3 is 2.60 bits per heavy atom. The molecule has 2 rings (SSSR count). The van der Waals surface area contributed by atoms with Crippen LogP contribution in [0.15, 0.2) is 24.3 Å². The molecule has 0 bridgehead atoms. The third-order valence-electron chi connectivity index (χ3n) is 4.55. The topological polar surface area (TPSA) is 38.5 Å². The summed E-state index contributed by atoms with van der Waals surface area (Å²) in [7, 11) is 3.94. The highest BCUT2D eigenvalue weighted by Crippen LogP contribution is 2.30. The van der Waals surface area contributed by atoms with Gasteiger partial charge in [0.1, 0.15) is 5.75 Å². The summed E-state index contributed by atoms with van der Waals surface area (Å²) < 4.78 is 5.43. The van der Waals surface area contributed by atoms with Crippen LogP contribution in [0.25, 0.3) is 0 Å². The van der Waals surface area contributed by atoms with Gasteiger partial charge in [0.2, 0.25) is 0 Å². The number of hydrogen-bond donors (Lipinski definition) is 1. The maximum atomic E-state index is 5.93. The lowest BCUT2D eigenvalue weighted by Crippen LogP contribution is -2.35. The second-order valence-corrected chi connectivity index (χ2v) is 6.05. The van der Waals surface area contributed by atoms with Crippen LogP contribution in [0.2, 0.25) is 0 Å². The van der Waals surface area contributed by atoms with Crippen molar-refractivity contribution in [2.45, 2.75) is 32.2 Å². The number of rotatable bonds is 6. The summed E-state index contributed by atoms with van der Waals surface area (Å²) in [5, 5.41) is 0. The van der Waals surface area contributed by atoms with Crippen molar-refractivity contribution in [3.63, 3.8) is 0 Å². The Labute approximate surface area is 123 Å². The summed E-state index contributed by atoms with van der Waals surface area (Å²) in [5.74, 6) is 2.45. The summed E-state index contributed by atoms with van der Waals surface area (Å²) in [6.45, 7) is 2.92. The van der Waals surface area contributed by atoms with Gasteiger partial charge in [-0.15, -0.1) is 0 Å². The van der Waals surface area contributed by atoms with Crippen molar-refractivity contribution in [3.8, 4) is 5.75 Å². The Balaban J connectivity index is 1.92. The highest BCUT2D eigenvalue weighted by Gasteiger charge is 2.25. The monoisotopic (exact) mass is 276 g/mol. The average molecular weight is 276 g/mol. The van der Waals surface area contributed by atoms with Crippen LogP contribution in [0.5, 0.6) is 5.75 Å². The molecule has 0 spiro atoms. The van der Waals surface area contributed by atoms with Gasteiger partial charge < -0.3 is 15.4 Å². The van der Waals surface area contributed by atoms with E-state index in [4.69, 9.17) is 10.5 Å². The van der Waals surface area contributed by atoms with Crippen molar-refractivity contribution in [2.75, 3.05) is 27.2 Å². The number of ether oxygens (including phenoxy) is 1. The molecule has 20 heavy (non-hydrogen) atoms.